The normalized spacial score (nSPS) is 26.0. The average Bonchev–Trinajstić information content (AvgIpc) is 2.66. The molecule has 1 unspecified atom stereocenters. The van der Waals surface area contributed by atoms with E-state index < -0.39 is 11.1 Å². The lowest BCUT2D eigenvalue weighted by molar-refractivity contribution is -0.128. The van der Waals surface area contributed by atoms with Crippen LogP contribution in [0, 0.1) is 12.3 Å². The van der Waals surface area contributed by atoms with Crippen LogP contribution >= 0.6 is 0 Å². The first-order valence-electron chi connectivity index (χ1n) is 5.51. The third kappa shape index (κ3) is 2.51. The number of rotatable bonds is 3. The van der Waals surface area contributed by atoms with Crippen molar-refractivity contribution in [2.75, 3.05) is 6.54 Å². The third-order valence-electron chi connectivity index (χ3n) is 3.07. The lowest BCUT2D eigenvalue weighted by atomic mass is 9.91. The van der Waals surface area contributed by atoms with Gasteiger partial charge in [-0.2, -0.15) is 0 Å². The van der Waals surface area contributed by atoms with Crippen molar-refractivity contribution in [3.05, 3.63) is 0 Å². The van der Waals surface area contributed by atoms with Crippen LogP contribution in [0.5, 0.6) is 0 Å². The van der Waals surface area contributed by atoms with Gasteiger partial charge in [0.1, 0.15) is 0 Å². The van der Waals surface area contributed by atoms with Gasteiger partial charge >= 0.3 is 0 Å². The Morgan fingerprint density at radius 3 is 2.73 bits per heavy atom. The monoisotopic (exact) mass is 208 g/mol. The molecule has 1 aliphatic heterocycles. The summed E-state index contributed by atoms with van der Waals surface area (Å²) in [5.41, 5.74) is -0.961. The fourth-order valence-electron chi connectivity index (χ4n) is 1.90. The fraction of sp³-hybridized carbons (Fsp3) is 0.750. The van der Waals surface area contributed by atoms with Gasteiger partial charge < -0.3 is 10.6 Å². The first-order chi connectivity index (χ1) is 6.96. The van der Waals surface area contributed by atoms with Crippen molar-refractivity contribution in [1.29, 1.82) is 0 Å². The lowest BCUT2D eigenvalue weighted by Crippen LogP contribution is -2.57. The average molecular weight is 208 g/mol. The van der Waals surface area contributed by atoms with Gasteiger partial charge in [-0.15, -0.1) is 6.42 Å². The number of terminal acetylenes is 1. The highest BCUT2D eigenvalue weighted by atomic mass is 16.2. The minimum absolute atomic E-state index is 0.0328. The smallest absolute Gasteiger partial charge is 0.241 e. The van der Waals surface area contributed by atoms with E-state index in [9.17, 15) is 4.79 Å². The largest absolute Gasteiger partial charge is 0.339 e. The van der Waals surface area contributed by atoms with Crippen molar-refractivity contribution in [3.8, 4) is 12.3 Å². The summed E-state index contributed by atoms with van der Waals surface area (Å²) in [4.78, 5) is 12.1. The van der Waals surface area contributed by atoms with Crippen LogP contribution < -0.4 is 10.6 Å². The van der Waals surface area contributed by atoms with Crippen LogP contribution in [0.15, 0.2) is 0 Å². The molecule has 1 amide bonds. The molecule has 1 atom stereocenters. The summed E-state index contributed by atoms with van der Waals surface area (Å²) in [6, 6.07) is 0. The van der Waals surface area contributed by atoms with E-state index in [0.29, 0.717) is 0 Å². The molecule has 0 aromatic heterocycles. The van der Waals surface area contributed by atoms with E-state index in [1.165, 1.54) is 0 Å². The number of hydrogen-bond acceptors (Lipinski definition) is 2. The number of carbonyl (C=O) groups is 1. The molecule has 1 heterocycles. The molecule has 15 heavy (non-hydrogen) atoms. The molecule has 0 bridgehead atoms. The van der Waals surface area contributed by atoms with E-state index in [4.69, 9.17) is 6.42 Å². The molecule has 0 aromatic rings. The van der Waals surface area contributed by atoms with Gasteiger partial charge in [0.05, 0.1) is 11.1 Å². The maximum atomic E-state index is 12.1. The molecule has 84 valence electrons. The predicted molar refractivity (Wildman–Crippen MR) is 61.3 cm³/mol. The highest BCUT2D eigenvalue weighted by molar-refractivity contribution is 5.87. The number of carbonyl (C=O) groups excluding carboxylic acids is 1. The lowest BCUT2D eigenvalue weighted by Gasteiger charge is -2.31. The Kier molecular flexibility index (Phi) is 3.41. The number of nitrogens with one attached hydrogen (secondary N) is 2. The molecule has 0 aromatic carbocycles. The Morgan fingerprint density at radius 2 is 2.33 bits per heavy atom. The topological polar surface area (TPSA) is 41.1 Å². The molecule has 1 aliphatic rings. The second-order valence-electron chi connectivity index (χ2n) is 4.69. The summed E-state index contributed by atoms with van der Waals surface area (Å²) >= 11 is 0. The van der Waals surface area contributed by atoms with Gasteiger partial charge in [-0.3, -0.25) is 4.79 Å². The second kappa shape index (κ2) is 4.24. The molecular formula is C12H20N2O. The molecule has 0 spiro atoms. The molecule has 3 nitrogen and oxygen atoms in total. The molecule has 1 saturated heterocycles. The van der Waals surface area contributed by atoms with Crippen LogP contribution in [0.25, 0.3) is 0 Å². The Labute approximate surface area is 92.0 Å². The Bertz CT molecular complexity index is 282. The van der Waals surface area contributed by atoms with Crippen LogP contribution in [0.3, 0.4) is 0 Å². The van der Waals surface area contributed by atoms with Crippen molar-refractivity contribution < 1.29 is 4.79 Å². The van der Waals surface area contributed by atoms with Crippen LogP contribution in [0.1, 0.15) is 40.0 Å². The quantitative estimate of drug-likeness (QED) is 0.681. The summed E-state index contributed by atoms with van der Waals surface area (Å²) in [6.07, 6.45) is 8.11. The van der Waals surface area contributed by atoms with E-state index in [1.54, 1.807) is 0 Å². The Balaban J connectivity index is 2.71. The Hall–Kier alpha value is -1.01. The fourth-order valence-corrected chi connectivity index (χ4v) is 1.90. The minimum Gasteiger partial charge on any atom is -0.339 e. The van der Waals surface area contributed by atoms with Crippen molar-refractivity contribution in [2.45, 2.75) is 51.1 Å². The van der Waals surface area contributed by atoms with Gasteiger partial charge in [0.25, 0.3) is 0 Å². The van der Waals surface area contributed by atoms with Gasteiger partial charge in [0.15, 0.2) is 0 Å². The highest BCUT2D eigenvalue weighted by Crippen LogP contribution is 2.23. The van der Waals surface area contributed by atoms with Crippen LogP contribution in [0.4, 0.5) is 0 Å². The summed E-state index contributed by atoms with van der Waals surface area (Å²) in [5, 5.41) is 6.19. The maximum absolute atomic E-state index is 12.1. The molecule has 0 radical (unpaired) electrons. The van der Waals surface area contributed by atoms with E-state index in [2.05, 4.69) is 16.6 Å². The molecule has 2 N–H and O–H groups in total. The van der Waals surface area contributed by atoms with E-state index >= 15 is 0 Å². The van der Waals surface area contributed by atoms with Gasteiger partial charge in [-0.05, 0) is 39.7 Å². The van der Waals surface area contributed by atoms with Crippen LogP contribution in [0.2, 0.25) is 0 Å². The second-order valence-corrected chi connectivity index (χ2v) is 4.69. The number of hydrogen-bond donors (Lipinski definition) is 2. The molecular weight excluding hydrogens is 188 g/mol. The zero-order chi connectivity index (χ0) is 11.5. The zero-order valence-corrected chi connectivity index (χ0v) is 9.81. The van der Waals surface area contributed by atoms with Crippen molar-refractivity contribution >= 4 is 5.91 Å². The SMILES string of the molecule is C#CC(C)(C)NC(=O)C1(CC)CCCN1. The maximum Gasteiger partial charge on any atom is 0.241 e. The van der Waals surface area contributed by atoms with Crippen molar-refractivity contribution in [1.82, 2.24) is 10.6 Å². The summed E-state index contributed by atoms with van der Waals surface area (Å²) in [6.45, 7) is 6.62. The zero-order valence-electron chi connectivity index (χ0n) is 9.81. The molecule has 1 rings (SSSR count). The number of amides is 1. The molecule has 3 heteroatoms. The highest BCUT2D eigenvalue weighted by Gasteiger charge is 2.40. The summed E-state index contributed by atoms with van der Waals surface area (Å²) in [7, 11) is 0. The minimum atomic E-state index is -0.566. The molecule has 0 saturated carbocycles. The van der Waals surface area contributed by atoms with E-state index in [0.717, 1.165) is 25.8 Å². The van der Waals surface area contributed by atoms with Gasteiger partial charge in [-0.25, -0.2) is 0 Å². The van der Waals surface area contributed by atoms with Crippen molar-refractivity contribution in [2.24, 2.45) is 0 Å². The van der Waals surface area contributed by atoms with Gasteiger partial charge in [0.2, 0.25) is 5.91 Å². The van der Waals surface area contributed by atoms with Crippen molar-refractivity contribution in [3.63, 3.8) is 0 Å². The standard InChI is InChI=1S/C12H20N2O/c1-5-11(3,4)14-10(15)12(6-2)8-7-9-13-12/h1,13H,6-9H2,2-4H3,(H,14,15). The summed E-state index contributed by atoms with van der Waals surface area (Å²) < 4.78 is 0. The first-order valence-corrected chi connectivity index (χ1v) is 5.51. The predicted octanol–water partition coefficient (Wildman–Crippen LogP) is 1.05. The van der Waals surface area contributed by atoms with Gasteiger partial charge in [-0.1, -0.05) is 12.8 Å². The van der Waals surface area contributed by atoms with Crippen LogP contribution in [-0.4, -0.2) is 23.5 Å². The van der Waals surface area contributed by atoms with Gasteiger partial charge in [0, 0.05) is 0 Å². The molecule has 1 fully saturated rings. The summed E-state index contributed by atoms with van der Waals surface area (Å²) in [5.74, 6) is 2.61. The molecule has 0 aliphatic carbocycles. The van der Waals surface area contributed by atoms with Crippen LogP contribution in [-0.2, 0) is 4.79 Å². The third-order valence-corrected chi connectivity index (χ3v) is 3.07. The first kappa shape index (κ1) is 12.1. The Morgan fingerprint density at radius 1 is 1.67 bits per heavy atom. The van der Waals surface area contributed by atoms with E-state index in [1.807, 2.05) is 20.8 Å². The van der Waals surface area contributed by atoms with E-state index in [-0.39, 0.29) is 5.91 Å².